The summed E-state index contributed by atoms with van der Waals surface area (Å²) in [5, 5.41) is 3.19. The molecule has 0 aliphatic carbocycles. The van der Waals surface area contributed by atoms with E-state index in [-0.39, 0.29) is 18.6 Å². The number of carbonyl (C=O) groups is 1. The summed E-state index contributed by atoms with van der Waals surface area (Å²) in [6.45, 7) is 1.83. The zero-order chi connectivity index (χ0) is 15.2. The fourth-order valence-corrected chi connectivity index (χ4v) is 1.95. The highest BCUT2D eigenvalue weighted by Gasteiger charge is 2.06. The van der Waals surface area contributed by atoms with E-state index in [0.29, 0.717) is 16.5 Å². The van der Waals surface area contributed by atoms with Gasteiger partial charge in [-0.05, 0) is 36.8 Å². The first-order valence-electron chi connectivity index (χ1n) is 6.59. The molecular formula is C16H17ClN2O2. The smallest absolute Gasteiger partial charge is 0.262 e. The van der Waals surface area contributed by atoms with Gasteiger partial charge in [0.2, 0.25) is 0 Å². The normalized spacial score (nSPS) is 11.8. The second-order valence-corrected chi connectivity index (χ2v) is 5.08. The largest absolute Gasteiger partial charge is 0.484 e. The van der Waals surface area contributed by atoms with Gasteiger partial charge in [-0.2, -0.15) is 0 Å². The highest BCUT2D eigenvalue weighted by Crippen LogP contribution is 2.20. The number of carbonyl (C=O) groups excluding carboxylic acids is 1. The Morgan fingerprint density at radius 2 is 1.90 bits per heavy atom. The van der Waals surface area contributed by atoms with Crippen molar-refractivity contribution in [1.29, 1.82) is 0 Å². The van der Waals surface area contributed by atoms with Crippen LogP contribution in [-0.4, -0.2) is 12.5 Å². The molecule has 1 amide bonds. The van der Waals surface area contributed by atoms with E-state index in [2.05, 4.69) is 5.32 Å². The van der Waals surface area contributed by atoms with Gasteiger partial charge in [0.25, 0.3) is 5.91 Å². The van der Waals surface area contributed by atoms with Crippen LogP contribution in [-0.2, 0) is 4.79 Å². The van der Waals surface area contributed by atoms with Crippen molar-refractivity contribution in [3.05, 3.63) is 59.1 Å². The summed E-state index contributed by atoms with van der Waals surface area (Å²) in [6.07, 6.45) is 0. The minimum atomic E-state index is -0.264. The van der Waals surface area contributed by atoms with Crippen LogP contribution < -0.4 is 15.8 Å². The number of amides is 1. The predicted molar refractivity (Wildman–Crippen MR) is 84.6 cm³/mol. The fourth-order valence-electron chi connectivity index (χ4n) is 1.77. The molecule has 2 aromatic carbocycles. The maximum absolute atomic E-state index is 11.8. The Morgan fingerprint density at radius 1 is 1.24 bits per heavy atom. The molecule has 0 bridgehead atoms. The van der Waals surface area contributed by atoms with E-state index in [1.807, 2.05) is 19.1 Å². The van der Waals surface area contributed by atoms with Crippen LogP contribution in [0.2, 0.25) is 5.02 Å². The molecule has 0 aromatic heterocycles. The summed E-state index contributed by atoms with van der Waals surface area (Å²) >= 11 is 5.97. The van der Waals surface area contributed by atoms with Gasteiger partial charge in [-0.25, -0.2) is 0 Å². The molecule has 0 unspecified atom stereocenters. The summed E-state index contributed by atoms with van der Waals surface area (Å²) in [5.74, 6) is 0.355. The van der Waals surface area contributed by atoms with Gasteiger partial charge in [0.1, 0.15) is 5.75 Å². The van der Waals surface area contributed by atoms with E-state index in [0.717, 1.165) is 5.56 Å². The zero-order valence-electron chi connectivity index (χ0n) is 11.7. The maximum atomic E-state index is 11.8. The minimum Gasteiger partial charge on any atom is -0.484 e. The molecule has 0 heterocycles. The lowest BCUT2D eigenvalue weighted by atomic mass is 10.1. The lowest BCUT2D eigenvalue weighted by Crippen LogP contribution is -2.20. The van der Waals surface area contributed by atoms with Gasteiger partial charge in [0.05, 0.1) is 10.7 Å². The van der Waals surface area contributed by atoms with Gasteiger partial charge in [-0.1, -0.05) is 35.9 Å². The Kier molecular flexibility index (Phi) is 5.20. The van der Waals surface area contributed by atoms with Gasteiger partial charge in [0.15, 0.2) is 6.61 Å². The molecule has 1 atom stereocenters. The van der Waals surface area contributed by atoms with Crippen LogP contribution in [0.4, 0.5) is 5.69 Å². The molecule has 3 N–H and O–H groups in total. The van der Waals surface area contributed by atoms with Crippen molar-refractivity contribution in [3.63, 3.8) is 0 Å². The second-order valence-electron chi connectivity index (χ2n) is 4.67. The van der Waals surface area contributed by atoms with Crippen molar-refractivity contribution >= 4 is 23.2 Å². The van der Waals surface area contributed by atoms with Crippen molar-refractivity contribution in [2.24, 2.45) is 5.73 Å². The molecule has 0 spiro atoms. The first-order valence-corrected chi connectivity index (χ1v) is 6.97. The van der Waals surface area contributed by atoms with Gasteiger partial charge < -0.3 is 15.8 Å². The third kappa shape index (κ3) is 4.48. The molecule has 5 heteroatoms. The van der Waals surface area contributed by atoms with E-state index in [1.54, 1.807) is 36.4 Å². The fraction of sp³-hybridized carbons (Fsp3) is 0.188. The van der Waals surface area contributed by atoms with Crippen LogP contribution in [0.3, 0.4) is 0 Å². The number of hydrogen-bond acceptors (Lipinski definition) is 3. The highest BCUT2D eigenvalue weighted by molar-refractivity contribution is 6.33. The summed E-state index contributed by atoms with van der Waals surface area (Å²) in [7, 11) is 0. The van der Waals surface area contributed by atoms with Gasteiger partial charge in [0, 0.05) is 6.04 Å². The third-order valence-electron chi connectivity index (χ3n) is 2.92. The van der Waals surface area contributed by atoms with Crippen molar-refractivity contribution in [1.82, 2.24) is 0 Å². The number of rotatable bonds is 5. The number of nitrogens with two attached hydrogens (primary N) is 1. The first kappa shape index (κ1) is 15.4. The van der Waals surface area contributed by atoms with Crippen LogP contribution in [0.1, 0.15) is 18.5 Å². The summed E-state index contributed by atoms with van der Waals surface area (Å²) < 4.78 is 5.42. The molecule has 0 aliphatic heterocycles. The van der Waals surface area contributed by atoms with E-state index in [9.17, 15) is 4.79 Å². The number of benzene rings is 2. The van der Waals surface area contributed by atoms with Crippen LogP contribution >= 0.6 is 11.6 Å². The summed E-state index contributed by atoms with van der Waals surface area (Å²) in [4.78, 5) is 11.8. The van der Waals surface area contributed by atoms with Crippen LogP contribution in [0.25, 0.3) is 0 Å². The Balaban J connectivity index is 1.88. The molecule has 4 nitrogen and oxygen atoms in total. The Hall–Kier alpha value is -2.04. The van der Waals surface area contributed by atoms with Crippen molar-refractivity contribution < 1.29 is 9.53 Å². The maximum Gasteiger partial charge on any atom is 0.262 e. The van der Waals surface area contributed by atoms with Crippen LogP contribution in [0.15, 0.2) is 48.5 Å². The summed E-state index contributed by atoms with van der Waals surface area (Å²) in [6, 6.07) is 14.4. The van der Waals surface area contributed by atoms with Crippen LogP contribution in [0, 0.1) is 0 Å². The lowest BCUT2D eigenvalue weighted by molar-refractivity contribution is -0.118. The van der Waals surface area contributed by atoms with Gasteiger partial charge in [-0.3, -0.25) is 4.79 Å². The second kappa shape index (κ2) is 7.11. The molecule has 0 aliphatic rings. The number of para-hydroxylation sites is 1. The molecule has 110 valence electrons. The Morgan fingerprint density at radius 3 is 2.52 bits per heavy atom. The SMILES string of the molecule is C[C@H](N)c1ccc(OCC(=O)Nc2ccccc2Cl)cc1. The molecule has 0 saturated heterocycles. The van der Waals surface area contributed by atoms with Gasteiger partial charge in [-0.15, -0.1) is 0 Å². The van der Waals surface area contributed by atoms with E-state index in [1.165, 1.54) is 0 Å². The summed E-state index contributed by atoms with van der Waals surface area (Å²) in [5.41, 5.74) is 7.35. The number of ether oxygens (including phenoxy) is 1. The third-order valence-corrected chi connectivity index (χ3v) is 3.25. The van der Waals surface area contributed by atoms with Crippen molar-refractivity contribution in [2.75, 3.05) is 11.9 Å². The van der Waals surface area contributed by atoms with Crippen LogP contribution in [0.5, 0.6) is 5.75 Å². The number of anilines is 1. The van der Waals surface area contributed by atoms with E-state index >= 15 is 0 Å². The first-order chi connectivity index (χ1) is 10.1. The Bertz CT molecular complexity index is 612. The zero-order valence-corrected chi connectivity index (χ0v) is 12.4. The molecule has 21 heavy (non-hydrogen) atoms. The van der Waals surface area contributed by atoms with Crippen molar-refractivity contribution in [2.45, 2.75) is 13.0 Å². The lowest BCUT2D eigenvalue weighted by Gasteiger charge is -2.10. The van der Waals surface area contributed by atoms with Crippen molar-refractivity contribution in [3.8, 4) is 5.75 Å². The Labute approximate surface area is 128 Å². The minimum absolute atomic E-state index is 0.0254. The van der Waals surface area contributed by atoms with E-state index < -0.39 is 0 Å². The molecule has 2 aromatic rings. The number of nitrogens with one attached hydrogen (secondary N) is 1. The molecular weight excluding hydrogens is 288 g/mol. The average molecular weight is 305 g/mol. The monoisotopic (exact) mass is 304 g/mol. The molecule has 0 fully saturated rings. The average Bonchev–Trinajstić information content (AvgIpc) is 2.48. The predicted octanol–water partition coefficient (Wildman–Crippen LogP) is 3.38. The standard InChI is InChI=1S/C16H17ClN2O2/c1-11(18)12-6-8-13(9-7-12)21-10-16(20)19-15-5-3-2-4-14(15)17/h2-9,11H,10,18H2,1H3,(H,19,20)/t11-/m0/s1. The van der Waals surface area contributed by atoms with E-state index in [4.69, 9.17) is 22.1 Å². The number of hydrogen-bond donors (Lipinski definition) is 2. The van der Waals surface area contributed by atoms with Gasteiger partial charge >= 0.3 is 0 Å². The molecule has 2 rings (SSSR count). The topological polar surface area (TPSA) is 64.3 Å². The number of halogens is 1. The molecule has 0 radical (unpaired) electrons. The molecule has 0 saturated carbocycles. The highest BCUT2D eigenvalue weighted by atomic mass is 35.5. The quantitative estimate of drug-likeness (QED) is 0.890.